The quantitative estimate of drug-likeness (QED) is 0.490. The van der Waals surface area contributed by atoms with Gasteiger partial charge in [-0.2, -0.15) is 5.26 Å². The zero-order chi connectivity index (χ0) is 20.9. The smallest absolute Gasteiger partial charge is 0.330 e. The number of ketones is 1. The summed E-state index contributed by atoms with van der Waals surface area (Å²) in [4.78, 5) is 46.8. The van der Waals surface area contributed by atoms with Crippen LogP contribution in [0.1, 0.15) is 11.7 Å². The Morgan fingerprint density at radius 3 is 2.59 bits per heavy atom. The van der Waals surface area contributed by atoms with E-state index < -0.39 is 29.5 Å². The normalized spacial score (nSPS) is 12.3. The van der Waals surface area contributed by atoms with Crippen molar-refractivity contribution in [1.29, 1.82) is 5.26 Å². The standard InChI is InChI=1S/C19H17N7O3/c1-23-10-21-17-15(23)18(28)26(19(29)25(17)3)9-14(27)11(8-20)16-22-12-6-4-5-7-13(12)24(16)2/h4-7,10-11H,9H2,1-3H3. The molecule has 29 heavy (non-hydrogen) atoms. The molecule has 3 heterocycles. The minimum atomic E-state index is -1.22. The van der Waals surface area contributed by atoms with Crippen LogP contribution in [0.15, 0.2) is 40.2 Å². The second-order valence-corrected chi connectivity index (χ2v) is 6.81. The number of rotatable bonds is 4. The molecule has 0 saturated heterocycles. The van der Waals surface area contributed by atoms with Crippen LogP contribution in [0, 0.1) is 11.3 Å². The molecule has 0 radical (unpaired) electrons. The number of benzene rings is 1. The van der Waals surface area contributed by atoms with Crippen LogP contribution in [0.5, 0.6) is 0 Å². The third-order valence-corrected chi connectivity index (χ3v) is 5.05. The van der Waals surface area contributed by atoms with Gasteiger partial charge in [-0.1, -0.05) is 12.1 Å². The summed E-state index contributed by atoms with van der Waals surface area (Å²) in [7, 11) is 4.82. The Morgan fingerprint density at radius 1 is 1.17 bits per heavy atom. The highest BCUT2D eigenvalue weighted by Gasteiger charge is 2.27. The van der Waals surface area contributed by atoms with Gasteiger partial charge in [0.25, 0.3) is 5.56 Å². The summed E-state index contributed by atoms with van der Waals surface area (Å²) in [6, 6.07) is 9.23. The number of carbonyl (C=O) groups is 1. The first-order valence-electron chi connectivity index (χ1n) is 8.79. The van der Waals surface area contributed by atoms with Gasteiger partial charge in [0.1, 0.15) is 5.82 Å². The predicted octanol–water partition coefficient (Wildman–Crippen LogP) is 0.197. The van der Waals surface area contributed by atoms with Crippen molar-refractivity contribution in [1.82, 2.24) is 28.2 Å². The number of hydrogen-bond acceptors (Lipinski definition) is 6. The summed E-state index contributed by atoms with van der Waals surface area (Å²) in [6.07, 6.45) is 1.43. The number of imidazole rings is 2. The van der Waals surface area contributed by atoms with Crippen molar-refractivity contribution in [2.75, 3.05) is 0 Å². The summed E-state index contributed by atoms with van der Waals surface area (Å²) >= 11 is 0. The van der Waals surface area contributed by atoms with E-state index >= 15 is 0 Å². The molecule has 0 aliphatic rings. The van der Waals surface area contributed by atoms with Crippen LogP contribution in [0.3, 0.4) is 0 Å². The molecule has 4 aromatic rings. The largest absolute Gasteiger partial charge is 0.332 e. The molecular weight excluding hydrogens is 374 g/mol. The molecule has 10 nitrogen and oxygen atoms in total. The lowest BCUT2D eigenvalue weighted by molar-refractivity contribution is -0.120. The molecule has 0 bridgehead atoms. The van der Waals surface area contributed by atoms with Crippen molar-refractivity contribution in [3.8, 4) is 6.07 Å². The van der Waals surface area contributed by atoms with Crippen molar-refractivity contribution in [2.24, 2.45) is 21.1 Å². The summed E-state index contributed by atoms with van der Waals surface area (Å²) in [5.74, 6) is -1.54. The van der Waals surface area contributed by atoms with Crippen molar-refractivity contribution in [3.05, 3.63) is 57.3 Å². The van der Waals surface area contributed by atoms with Crippen LogP contribution in [0.2, 0.25) is 0 Å². The molecule has 0 saturated carbocycles. The lowest BCUT2D eigenvalue weighted by Crippen LogP contribution is -2.42. The molecule has 0 N–H and O–H groups in total. The van der Waals surface area contributed by atoms with E-state index in [9.17, 15) is 19.6 Å². The molecular formula is C19H17N7O3. The van der Waals surface area contributed by atoms with Crippen molar-refractivity contribution in [3.63, 3.8) is 0 Å². The topological polar surface area (TPSA) is 120 Å². The highest BCUT2D eigenvalue weighted by atomic mass is 16.2. The van der Waals surface area contributed by atoms with Gasteiger partial charge in [0.05, 0.1) is 30.0 Å². The molecule has 0 aliphatic carbocycles. The molecule has 10 heteroatoms. The fraction of sp³-hybridized carbons (Fsp3) is 0.263. The molecule has 1 unspecified atom stereocenters. The zero-order valence-electron chi connectivity index (χ0n) is 16.0. The number of Topliss-reactive ketones (excluding diaryl/α,β-unsaturated/α-hetero) is 1. The molecule has 0 spiro atoms. The average Bonchev–Trinajstić information content (AvgIpc) is 3.25. The first kappa shape index (κ1) is 18.4. The first-order chi connectivity index (χ1) is 13.8. The lowest BCUT2D eigenvalue weighted by atomic mass is 10.1. The summed E-state index contributed by atoms with van der Waals surface area (Å²) in [6.45, 7) is -0.534. The predicted molar refractivity (Wildman–Crippen MR) is 104 cm³/mol. The Bertz CT molecular complexity index is 1440. The number of carbonyl (C=O) groups excluding carboxylic acids is 1. The average molecular weight is 391 g/mol. The van der Waals surface area contributed by atoms with E-state index in [1.54, 1.807) is 24.7 Å². The first-order valence-corrected chi connectivity index (χ1v) is 8.79. The Balaban J connectivity index is 1.80. The van der Waals surface area contributed by atoms with Gasteiger partial charge in [-0.05, 0) is 12.1 Å². The van der Waals surface area contributed by atoms with Gasteiger partial charge < -0.3 is 9.13 Å². The molecule has 1 aromatic carbocycles. The molecule has 1 atom stereocenters. The van der Waals surface area contributed by atoms with E-state index in [0.717, 1.165) is 10.1 Å². The zero-order valence-corrected chi connectivity index (χ0v) is 16.0. The summed E-state index contributed by atoms with van der Waals surface area (Å²) in [5.41, 5.74) is 0.575. The fourth-order valence-corrected chi connectivity index (χ4v) is 3.48. The molecule has 146 valence electrons. The number of nitrogens with zero attached hydrogens (tertiary/aromatic N) is 7. The third-order valence-electron chi connectivity index (χ3n) is 5.05. The third kappa shape index (κ3) is 2.67. The van der Waals surface area contributed by atoms with Crippen LogP contribution >= 0.6 is 0 Å². The molecule has 3 aromatic heterocycles. The van der Waals surface area contributed by atoms with E-state index in [2.05, 4.69) is 9.97 Å². The van der Waals surface area contributed by atoms with Crippen LogP contribution < -0.4 is 11.2 Å². The van der Waals surface area contributed by atoms with E-state index in [4.69, 9.17) is 0 Å². The van der Waals surface area contributed by atoms with Gasteiger partial charge in [-0.25, -0.2) is 14.8 Å². The monoisotopic (exact) mass is 391 g/mol. The van der Waals surface area contributed by atoms with E-state index in [1.165, 1.54) is 22.5 Å². The van der Waals surface area contributed by atoms with Crippen LogP contribution in [0.25, 0.3) is 22.2 Å². The van der Waals surface area contributed by atoms with Gasteiger partial charge in [0, 0.05) is 21.1 Å². The van der Waals surface area contributed by atoms with Gasteiger partial charge in [-0.15, -0.1) is 0 Å². The number of nitriles is 1. The number of para-hydroxylation sites is 2. The Kier molecular flexibility index (Phi) is 4.15. The highest BCUT2D eigenvalue weighted by Crippen LogP contribution is 2.21. The van der Waals surface area contributed by atoms with E-state index in [1.807, 2.05) is 24.3 Å². The minimum absolute atomic E-state index is 0.205. The van der Waals surface area contributed by atoms with Crippen molar-refractivity contribution >= 4 is 28.0 Å². The van der Waals surface area contributed by atoms with E-state index in [-0.39, 0.29) is 17.0 Å². The fourth-order valence-electron chi connectivity index (χ4n) is 3.48. The number of fused-ring (bicyclic) bond motifs is 2. The van der Waals surface area contributed by atoms with E-state index in [0.29, 0.717) is 5.52 Å². The van der Waals surface area contributed by atoms with Crippen LogP contribution in [-0.2, 0) is 32.5 Å². The maximum Gasteiger partial charge on any atom is 0.332 e. The molecule has 0 fully saturated rings. The summed E-state index contributed by atoms with van der Waals surface area (Å²) in [5, 5.41) is 9.64. The van der Waals surface area contributed by atoms with Gasteiger partial charge >= 0.3 is 5.69 Å². The Labute approximate surface area is 163 Å². The maximum atomic E-state index is 12.9. The minimum Gasteiger partial charge on any atom is -0.330 e. The molecule has 0 amide bonds. The SMILES string of the molecule is Cn1cnc2c1c(=O)n(CC(=O)C(C#N)c1nc3ccccc3n1C)c(=O)n2C. The van der Waals surface area contributed by atoms with Gasteiger partial charge in [-0.3, -0.25) is 18.7 Å². The van der Waals surface area contributed by atoms with Gasteiger partial charge in [0.15, 0.2) is 22.9 Å². The molecule has 4 rings (SSSR count). The number of hydrogen-bond donors (Lipinski definition) is 0. The number of aromatic nitrogens is 6. The number of aryl methyl sites for hydroxylation is 3. The van der Waals surface area contributed by atoms with Gasteiger partial charge in [0.2, 0.25) is 0 Å². The Morgan fingerprint density at radius 2 is 1.90 bits per heavy atom. The second kappa shape index (κ2) is 6.56. The van der Waals surface area contributed by atoms with Crippen LogP contribution in [-0.4, -0.2) is 34.0 Å². The lowest BCUT2D eigenvalue weighted by Gasteiger charge is -2.11. The Hall–Kier alpha value is -4.00. The molecule has 0 aliphatic heterocycles. The summed E-state index contributed by atoms with van der Waals surface area (Å²) < 4.78 is 5.21. The van der Waals surface area contributed by atoms with Crippen molar-refractivity contribution < 1.29 is 4.79 Å². The highest BCUT2D eigenvalue weighted by molar-refractivity contribution is 5.89. The second-order valence-electron chi connectivity index (χ2n) is 6.81. The maximum absolute atomic E-state index is 12.9. The van der Waals surface area contributed by atoms with Crippen molar-refractivity contribution in [2.45, 2.75) is 12.5 Å². The van der Waals surface area contributed by atoms with Crippen LogP contribution in [0.4, 0.5) is 0 Å².